The van der Waals surface area contributed by atoms with Crippen molar-refractivity contribution in [3.05, 3.63) is 82.9 Å². The van der Waals surface area contributed by atoms with Gasteiger partial charge in [0.25, 0.3) is 0 Å². The number of unbranched alkanes of at least 4 members (excludes halogenated alkanes) is 40. The maximum absolute atomic E-state index is 11.7. The molecule has 9 heteroatoms. The molecule has 0 atom stereocenters. The topological polar surface area (TPSA) is 114 Å². The van der Waals surface area contributed by atoms with Crippen molar-refractivity contribution in [1.29, 1.82) is 0 Å². The van der Waals surface area contributed by atoms with Crippen LogP contribution in [-0.4, -0.2) is 63.7 Å². The van der Waals surface area contributed by atoms with Gasteiger partial charge in [-0.25, -0.2) is 16.8 Å². The van der Waals surface area contributed by atoms with E-state index in [0.717, 1.165) is 60.1 Å². The molecule has 0 aliphatic heterocycles. The van der Waals surface area contributed by atoms with Gasteiger partial charge in [0.05, 0.1) is 9.79 Å². The third-order valence-electron chi connectivity index (χ3n) is 17.0. The van der Waals surface area contributed by atoms with E-state index in [1.807, 2.05) is 12.1 Å². The Morgan fingerprint density at radius 1 is 0.272 bits per heavy atom. The Hall–Kier alpha value is -1.52. The van der Waals surface area contributed by atoms with Crippen LogP contribution in [0.25, 0.3) is 21.5 Å². The van der Waals surface area contributed by atoms with Crippen LogP contribution in [0.5, 0.6) is 0 Å². The summed E-state index contributed by atoms with van der Waals surface area (Å²) in [4.78, 5) is -0.225. The molecule has 0 aliphatic rings. The zero-order valence-electron chi connectivity index (χ0n) is 52.7. The second-order valence-corrected chi connectivity index (χ2v) is 27.1. The Balaban J connectivity index is 0.000000547. The van der Waals surface area contributed by atoms with Crippen molar-refractivity contribution >= 4 is 79.5 Å². The third-order valence-corrected chi connectivity index (χ3v) is 18.6. The Morgan fingerprint density at radius 3 is 0.704 bits per heavy atom. The molecule has 0 saturated heterocycles. The molecule has 0 fully saturated rings. The maximum atomic E-state index is 11.7. The van der Waals surface area contributed by atoms with Crippen LogP contribution >= 0.6 is 0 Å². The van der Waals surface area contributed by atoms with Gasteiger partial charge in [0, 0.05) is 0 Å². The fourth-order valence-electron chi connectivity index (χ4n) is 11.9. The average molecular weight is 1180 g/mol. The van der Waals surface area contributed by atoms with Crippen molar-refractivity contribution in [3.63, 3.8) is 0 Å². The zero-order chi connectivity index (χ0) is 57.8. The molecule has 0 aromatic heterocycles. The van der Waals surface area contributed by atoms with Gasteiger partial charge in [-0.1, -0.05) is 321 Å². The maximum Gasteiger partial charge on any atom is 2.00 e. The van der Waals surface area contributed by atoms with E-state index in [1.54, 1.807) is 12.1 Å². The molecule has 4 aromatic carbocycles. The summed E-state index contributed by atoms with van der Waals surface area (Å²) in [6.07, 6.45) is 62.5. The van der Waals surface area contributed by atoms with Crippen molar-refractivity contribution < 1.29 is 25.9 Å². The van der Waals surface area contributed by atoms with E-state index in [9.17, 15) is 25.9 Å². The van der Waals surface area contributed by atoms with Gasteiger partial charge in [0.2, 0.25) is 0 Å². The molecular weight excluding hydrogens is 1060 g/mol. The second kappa shape index (κ2) is 48.6. The van der Waals surface area contributed by atoms with Crippen LogP contribution in [0.15, 0.2) is 70.5 Å². The minimum atomic E-state index is -4.45. The van der Waals surface area contributed by atoms with E-state index in [-0.39, 0.29) is 47.5 Å². The molecule has 0 amide bonds. The molecule has 0 bridgehead atoms. The van der Waals surface area contributed by atoms with Crippen molar-refractivity contribution in [1.82, 2.24) is 0 Å². The van der Waals surface area contributed by atoms with Crippen LogP contribution in [0.2, 0.25) is 0 Å². The summed E-state index contributed by atoms with van der Waals surface area (Å²) in [6, 6.07) is 18.8. The molecule has 81 heavy (non-hydrogen) atoms. The molecule has 4 aromatic rings. The standard InChI is InChI=1S/2C36H60O3S.Ca/c2*1-3-5-7-9-11-13-15-17-19-21-23-25-32-29-33(26-24-22-20-18-16-14-12-10-8-6-4-2)36-31-35(40(37,38)39)28-27-34(36)30-32;/h2*27-31H,3-26H2,1-2H3,(H,37,38,39);/q;;+2/p-2. The van der Waals surface area contributed by atoms with E-state index < -0.39 is 20.2 Å². The largest absolute Gasteiger partial charge is 2.00 e. The first-order valence-corrected chi connectivity index (χ1v) is 36.8. The van der Waals surface area contributed by atoms with E-state index >= 15 is 0 Å². The molecule has 0 unspecified atom stereocenters. The van der Waals surface area contributed by atoms with Crippen molar-refractivity contribution in [2.75, 3.05) is 0 Å². The summed E-state index contributed by atoms with van der Waals surface area (Å²) in [6.45, 7) is 9.08. The Morgan fingerprint density at radius 2 is 0.481 bits per heavy atom. The molecule has 0 radical (unpaired) electrons. The molecule has 0 saturated carbocycles. The van der Waals surface area contributed by atoms with Gasteiger partial charge < -0.3 is 9.11 Å². The molecular formula is C72H118CaO6S2. The summed E-state index contributed by atoms with van der Waals surface area (Å²) in [5.41, 5.74) is 5.10. The smallest absolute Gasteiger partial charge is 0.744 e. The van der Waals surface area contributed by atoms with Gasteiger partial charge in [-0.05, 0) is 119 Å². The van der Waals surface area contributed by atoms with Gasteiger partial charge in [-0.2, -0.15) is 0 Å². The molecule has 6 nitrogen and oxygen atoms in total. The Kier molecular flexibility index (Phi) is 45.3. The molecule has 0 heterocycles. The first-order chi connectivity index (χ1) is 38.9. The van der Waals surface area contributed by atoms with Crippen LogP contribution in [0, 0.1) is 0 Å². The predicted molar refractivity (Wildman–Crippen MR) is 350 cm³/mol. The minimum Gasteiger partial charge on any atom is -0.744 e. The van der Waals surface area contributed by atoms with Gasteiger partial charge >= 0.3 is 37.7 Å². The monoisotopic (exact) mass is 1180 g/mol. The third kappa shape index (κ3) is 36.3. The van der Waals surface area contributed by atoms with Crippen molar-refractivity contribution in [2.45, 2.75) is 346 Å². The summed E-state index contributed by atoms with van der Waals surface area (Å²) in [5, 5.41) is 4.00. The van der Waals surface area contributed by atoms with Gasteiger partial charge in [-0.3, -0.25) is 0 Å². The van der Waals surface area contributed by atoms with Crippen molar-refractivity contribution in [2.24, 2.45) is 0 Å². The summed E-state index contributed by atoms with van der Waals surface area (Å²) >= 11 is 0. The van der Waals surface area contributed by atoms with E-state index in [2.05, 4.69) is 52.0 Å². The van der Waals surface area contributed by atoms with Crippen LogP contribution in [0.1, 0.15) is 332 Å². The first-order valence-electron chi connectivity index (χ1n) is 33.9. The van der Waals surface area contributed by atoms with E-state index in [0.29, 0.717) is 0 Å². The molecule has 0 spiro atoms. The quantitative estimate of drug-likeness (QED) is 0.0247. The second-order valence-electron chi connectivity index (χ2n) is 24.3. The summed E-state index contributed by atoms with van der Waals surface area (Å²) in [5.74, 6) is 0. The predicted octanol–water partition coefficient (Wildman–Crippen LogP) is 22.5. The average Bonchev–Trinajstić information content (AvgIpc) is 3.54. The normalized spacial score (nSPS) is 11.8. The number of hydrogen-bond acceptors (Lipinski definition) is 6. The van der Waals surface area contributed by atoms with Gasteiger partial charge in [0.1, 0.15) is 20.2 Å². The Bertz CT molecular complexity index is 2230. The van der Waals surface area contributed by atoms with Gasteiger partial charge in [-0.15, -0.1) is 0 Å². The van der Waals surface area contributed by atoms with Crippen LogP contribution < -0.4 is 0 Å². The summed E-state index contributed by atoms with van der Waals surface area (Å²) < 4.78 is 70.1. The number of aryl methyl sites for hydroxylation is 4. The minimum absolute atomic E-state index is 0. The number of fused-ring (bicyclic) bond motifs is 2. The SMILES string of the molecule is CCCCCCCCCCCCCc1cc(CCCCCCCCCCCCC)c2cc(S(=O)(=O)[O-])ccc2c1.CCCCCCCCCCCCCc1cc(CCCCCCCCCCCCC)c2cc(S(=O)(=O)[O-])ccc2c1.[Ca+2]. The Labute approximate surface area is 529 Å². The number of benzene rings is 4. The number of hydrogen-bond donors (Lipinski definition) is 0. The van der Waals surface area contributed by atoms with E-state index in [1.165, 1.54) is 304 Å². The van der Waals surface area contributed by atoms with Gasteiger partial charge in [0.15, 0.2) is 0 Å². The molecule has 456 valence electrons. The van der Waals surface area contributed by atoms with Crippen molar-refractivity contribution in [3.8, 4) is 0 Å². The van der Waals surface area contributed by atoms with E-state index in [4.69, 9.17) is 0 Å². The fourth-order valence-corrected chi connectivity index (χ4v) is 12.9. The molecule has 0 aliphatic carbocycles. The van der Waals surface area contributed by atoms with Crippen LogP contribution in [0.3, 0.4) is 0 Å². The molecule has 0 N–H and O–H groups in total. The van der Waals surface area contributed by atoms with Crippen LogP contribution in [0.4, 0.5) is 0 Å². The van der Waals surface area contributed by atoms with Crippen LogP contribution in [-0.2, 0) is 45.9 Å². The zero-order valence-corrected chi connectivity index (χ0v) is 56.5. The first kappa shape index (κ1) is 75.6. The molecule has 4 rings (SSSR count). The summed E-state index contributed by atoms with van der Waals surface area (Å²) in [7, 11) is -8.90. The number of rotatable bonds is 50. The fraction of sp³-hybridized carbons (Fsp3) is 0.722.